The molecule has 1 aliphatic heterocycles. The van der Waals surface area contributed by atoms with E-state index in [9.17, 15) is 9.59 Å². The van der Waals surface area contributed by atoms with Crippen LogP contribution in [0.3, 0.4) is 0 Å². The summed E-state index contributed by atoms with van der Waals surface area (Å²) in [6, 6.07) is 19.8. The number of amides is 1. The predicted octanol–water partition coefficient (Wildman–Crippen LogP) is 3.41. The normalized spacial score (nSPS) is 21.3. The molecule has 1 amide bonds. The first-order valence-corrected chi connectivity index (χ1v) is 8.02. The monoisotopic (exact) mass is 307 g/mol. The molecular formula is C20H21NO2. The summed E-state index contributed by atoms with van der Waals surface area (Å²) in [5.74, 6) is 0.150. The van der Waals surface area contributed by atoms with Gasteiger partial charge in [-0.15, -0.1) is 0 Å². The van der Waals surface area contributed by atoms with Crippen molar-refractivity contribution in [1.82, 2.24) is 4.90 Å². The first kappa shape index (κ1) is 15.5. The summed E-state index contributed by atoms with van der Waals surface area (Å²) < 4.78 is 0. The smallest absolute Gasteiger partial charge is 0.223 e. The van der Waals surface area contributed by atoms with Gasteiger partial charge in [0.1, 0.15) is 5.78 Å². The summed E-state index contributed by atoms with van der Waals surface area (Å²) in [7, 11) is 0. The number of carbonyl (C=O) groups excluding carboxylic acids is 2. The van der Waals surface area contributed by atoms with Crippen LogP contribution >= 0.6 is 0 Å². The SMILES string of the molecule is CC(=O)[C@H]1CN(Cc2ccccc2)C(=O)C[C@@H]1c1ccccc1. The highest BCUT2D eigenvalue weighted by atomic mass is 16.2. The topological polar surface area (TPSA) is 37.4 Å². The Labute approximate surface area is 136 Å². The molecule has 0 aliphatic carbocycles. The van der Waals surface area contributed by atoms with Crippen LogP contribution in [0.1, 0.15) is 30.4 Å². The number of hydrogen-bond donors (Lipinski definition) is 0. The van der Waals surface area contributed by atoms with Crippen molar-refractivity contribution in [3.05, 3.63) is 71.8 Å². The van der Waals surface area contributed by atoms with E-state index in [0.717, 1.165) is 11.1 Å². The summed E-state index contributed by atoms with van der Waals surface area (Å²) in [4.78, 5) is 26.5. The minimum atomic E-state index is -0.126. The lowest BCUT2D eigenvalue weighted by molar-refractivity contribution is -0.139. The summed E-state index contributed by atoms with van der Waals surface area (Å²) in [5, 5.41) is 0. The van der Waals surface area contributed by atoms with E-state index < -0.39 is 0 Å². The zero-order valence-corrected chi connectivity index (χ0v) is 13.3. The first-order chi connectivity index (χ1) is 11.1. The fraction of sp³-hybridized carbons (Fsp3) is 0.300. The van der Waals surface area contributed by atoms with Gasteiger partial charge in [-0.1, -0.05) is 60.7 Å². The summed E-state index contributed by atoms with van der Waals surface area (Å²) in [6.07, 6.45) is 0.404. The van der Waals surface area contributed by atoms with Crippen LogP contribution in [0, 0.1) is 5.92 Å². The molecule has 2 aromatic rings. The van der Waals surface area contributed by atoms with Gasteiger partial charge in [-0.25, -0.2) is 0 Å². The zero-order chi connectivity index (χ0) is 16.2. The molecule has 3 rings (SSSR count). The molecule has 1 aliphatic rings. The molecule has 2 aromatic carbocycles. The molecule has 0 saturated carbocycles. The Morgan fingerprint density at radius 3 is 2.26 bits per heavy atom. The second-order valence-electron chi connectivity index (χ2n) is 6.20. The van der Waals surface area contributed by atoms with E-state index in [1.807, 2.05) is 65.6 Å². The minimum Gasteiger partial charge on any atom is -0.338 e. The molecule has 1 saturated heterocycles. The van der Waals surface area contributed by atoms with Crippen molar-refractivity contribution in [3.8, 4) is 0 Å². The van der Waals surface area contributed by atoms with Gasteiger partial charge in [0, 0.05) is 31.3 Å². The molecular weight excluding hydrogens is 286 g/mol. The van der Waals surface area contributed by atoms with Crippen LogP contribution in [0.15, 0.2) is 60.7 Å². The standard InChI is InChI=1S/C20H21NO2/c1-15(22)19-14-21(13-16-8-4-2-5-9-16)20(23)12-18(19)17-10-6-3-7-11-17/h2-11,18-19H,12-14H2,1H3/t18-,19-/m1/s1. The van der Waals surface area contributed by atoms with Crippen LogP contribution < -0.4 is 0 Å². The lowest BCUT2D eigenvalue weighted by atomic mass is 9.78. The molecule has 23 heavy (non-hydrogen) atoms. The van der Waals surface area contributed by atoms with Gasteiger partial charge in [-0.3, -0.25) is 9.59 Å². The van der Waals surface area contributed by atoms with Gasteiger partial charge in [0.15, 0.2) is 0 Å². The molecule has 0 N–H and O–H groups in total. The number of Topliss-reactive ketones (excluding diaryl/α,β-unsaturated/α-hetero) is 1. The third kappa shape index (κ3) is 3.50. The number of hydrogen-bond acceptors (Lipinski definition) is 2. The molecule has 118 valence electrons. The van der Waals surface area contributed by atoms with Gasteiger partial charge in [0.2, 0.25) is 5.91 Å². The van der Waals surface area contributed by atoms with Crippen molar-refractivity contribution >= 4 is 11.7 Å². The number of carbonyl (C=O) groups is 2. The highest BCUT2D eigenvalue weighted by molar-refractivity contribution is 5.85. The fourth-order valence-electron chi connectivity index (χ4n) is 3.34. The quantitative estimate of drug-likeness (QED) is 0.868. The number of benzene rings is 2. The van der Waals surface area contributed by atoms with Gasteiger partial charge < -0.3 is 4.90 Å². The Bertz CT molecular complexity index is 681. The van der Waals surface area contributed by atoms with Gasteiger partial charge >= 0.3 is 0 Å². The highest BCUT2D eigenvalue weighted by Crippen LogP contribution is 2.34. The van der Waals surface area contributed by atoms with E-state index in [2.05, 4.69) is 0 Å². The van der Waals surface area contributed by atoms with E-state index in [1.165, 1.54) is 0 Å². The number of nitrogens with zero attached hydrogens (tertiary/aromatic N) is 1. The largest absolute Gasteiger partial charge is 0.338 e. The Balaban J connectivity index is 1.81. The molecule has 1 fully saturated rings. The predicted molar refractivity (Wildman–Crippen MR) is 89.8 cm³/mol. The lowest BCUT2D eigenvalue weighted by Gasteiger charge is -2.37. The van der Waals surface area contributed by atoms with Crippen molar-refractivity contribution in [2.24, 2.45) is 5.92 Å². The van der Waals surface area contributed by atoms with Crippen molar-refractivity contribution in [1.29, 1.82) is 0 Å². The van der Waals surface area contributed by atoms with Gasteiger partial charge in [0.25, 0.3) is 0 Å². The molecule has 0 unspecified atom stereocenters. The van der Waals surface area contributed by atoms with Crippen molar-refractivity contribution in [3.63, 3.8) is 0 Å². The van der Waals surface area contributed by atoms with Crippen LogP contribution in [0.2, 0.25) is 0 Å². The second kappa shape index (κ2) is 6.78. The Morgan fingerprint density at radius 1 is 1.04 bits per heavy atom. The summed E-state index contributed by atoms with van der Waals surface area (Å²) in [6.45, 7) is 2.71. The molecule has 2 atom stereocenters. The molecule has 3 heteroatoms. The molecule has 0 aromatic heterocycles. The highest BCUT2D eigenvalue weighted by Gasteiger charge is 2.37. The van der Waals surface area contributed by atoms with Crippen LogP contribution in [0.4, 0.5) is 0 Å². The summed E-state index contributed by atoms with van der Waals surface area (Å²) >= 11 is 0. The number of likely N-dealkylation sites (tertiary alicyclic amines) is 1. The van der Waals surface area contributed by atoms with Gasteiger partial charge in [-0.2, -0.15) is 0 Å². The van der Waals surface area contributed by atoms with Gasteiger partial charge in [-0.05, 0) is 18.1 Å². The van der Waals surface area contributed by atoms with Crippen LogP contribution in [-0.4, -0.2) is 23.1 Å². The van der Waals surface area contributed by atoms with Crippen LogP contribution in [0.25, 0.3) is 0 Å². The van der Waals surface area contributed by atoms with Crippen molar-refractivity contribution in [2.45, 2.75) is 25.8 Å². The third-order valence-electron chi connectivity index (χ3n) is 4.62. The third-order valence-corrected chi connectivity index (χ3v) is 4.62. The van der Waals surface area contributed by atoms with Crippen molar-refractivity contribution < 1.29 is 9.59 Å². The molecule has 0 spiro atoms. The Morgan fingerprint density at radius 2 is 1.65 bits per heavy atom. The number of ketones is 1. The lowest BCUT2D eigenvalue weighted by Crippen LogP contribution is -2.45. The molecule has 0 bridgehead atoms. The maximum absolute atomic E-state index is 12.6. The van der Waals surface area contributed by atoms with E-state index in [4.69, 9.17) is 0 Å². The average molecular weight is 307 g/mol. The summed E-state index contributed by atoms with van der Waals surface area (Å²) in [5.41, 5.74) is 2.18. The van der Waals surface area contributed by atoms with E-state index >= 15 is 0 Å². The number of rotatable bonds is 4. The van der Waals surface area contributed by atoms with Gasteiger partial charge in [0.05, 0.1) is 0 Å². The average Bonchev–Trinajstić information content (AvgIpc) is 2.58. The number of piperidine rings is 1. The maximum Gasteiger partial charge on any atom is 0.223 e. The van der Waals surface area contributed by atoms with Crippen molar-refractivity contribution in [2.75, 3.05) is 6.54 Å². The van der Waals surface area contributed by atoms with E-state index in [1.54, 1.807) is 6.92 Å². The van der Waals surface area contributed by atoms with E-state index in [0.29, 0.717) is 19.5 Å². The molecule has 1 heterocycles. The second-order valence-corrected chi connectivity index (χ2v) is 6.20. The molecule has 0 radical (unpaired) electrons. The van der Waals surface area contributed by atoms with Crippen LogP contribution in [0.5, 0.6) is 0 Å². The Hall–Kier alpha value is -2.42. The zero-order valence-electron chi connectivity index (χ0n) is 13.3. The Kier molecular flexibility index (Phi) is 4.56. The van der Waals surface area contributed by atoms with Crippen LogP contribution in [-0.2, 0) is 16.1 Å². The fourth-order valence-corrected chi connectivity index (χ4v) is 3.34. The minimum absolute atomic E-state index is 0.00627. The molecule has 3 nitrogen and oxygen atoms in total. The first-order valence-electron chi connectivity index (χ1n) is 8.02. The maximum atomic E-state index is 12.6. The van der Waals surface area contributed by atoms with E-state index in [-0.39, 0.29) is 23.5 Å².